The van der Waals surface area contributed by atoms with Crippen molar-refractivity contribution in [2.45, 2.75) is 31.9 Å². The summed E-state index contributed by atoms with van der Waals surface area (Å²) >= 11 is 0. The third kappa shape index (κ3) is 3.42. The zero-order chi connectivity index (χ0) is 18.9. The standard InChI is InChI=1S/C24H26N2O/c1-23(2,3)20-13-15-22(16-14-20)24(26-25-17-27-24)21-11-9-19(10-12-21)18-7-5-4-6-8-18/h4-16,25-26H,17H2,1-3H3. The van der Waals surface area contributed by atoms with Crippen molar-refractivity contribution in [3.8, 4) is 11.1 Å². The average molecular weight is 358 g/mol. The highest BCUT2D eigenvalue weighted by Gasteiger charge is 2.39. The zero-order valence-corrected chi connectivity index (χ0v) is 16.1. The highest BCUT2D eigenvalue weighted by atomic mass is 16.6. The fourth-order valence-electron chi connectivity index (χ4n) is 3.55. The van der Waals surface area contributed by atoms with Gasteiger partial charge in [0.2, 0.25) is 0 Å². The lowest BCUT2D eigenvalue weighted by Crippen LogP contribution is -2.43. The van der Waals surface area contributed by atoms with Gasteiger partial charge in [-0.2, -0.15) is 0 Å². The summed E-state index contributed by atoms with van der Waals surface area (Å²) in [5, 5.41) is 0. The first kappa shape index (κ1) is 17.9. The van der Waals surface area contributed by atoms with E-state index in [9.17, 15) is 0 Å². The molecule has 0 radical (unpaired) electrons. The minimum Gasteiger partial charge on any atom is -0.334 e. The Labute approximate surface area is 161 Å². The summed E-state index contributed by atoms with van der Waals surface area (Å²) in [5.74, 6) is 0. The molecule has 1 saturated heterocycles. The molecule has 1 aliphatic rings. The van der Waals surface area contributed by atoms with E-state index in [1.54, 1.807) is 0 Å². The topological polar surface area (TPSA) is 33.3 Å². The minimum atomic E-state index is -0.675. The molecule has 1 atom stereocenters. The monoisotopic (exact) mass is 358 g/mol. The molecule has 138 valence electrons. The van der Waals surface area contributed by atoms with Gasteiger partial charge in [0.05, 0.1) is 0 Å². The highest BCUT2D eigenvalue weighted by Crippen LogP contribution is 2.35. The van der Waals surface area contributed by atoms with E-state index in [0.717, 1.165) is 11.1 Å². The second kappa shape index (κ2) is 6.93. The lowest BCUT2D eigenvalue weighted by molar-refractivity contribution is 0.0220. The number of hydrazine groups is 1. The maximum absolute atomic E-state index is 6.16. The van der Waals surface area contributed by atoms with Crippen molar-refractivity contribution in [3.63, 3.8) is 0 Å². The van der Waals surface area contributed by atoms with Gasteiger partial charge in [0.1, 0.15) is 6.73 Å². The molecule has 0 aliphatic carbocycles. The predicted octanol–water partition coefficient (Wildman–Crippen LogP) is 4.93. The van der Waals surface area contributed by atoms with Gasteiger partial charge in [-0.05, 0) is 22.1 Å². The summed E-state index contributed by atoms with van der Waals surface area (Å²) in [4.78, 5) is 0. The largest absolute Gasteiger partial charge is 0.334 e. The van der Waals surface area contributed by atoms with Crippen LogP contribution in [0.5, 0.6) is 0 Å². The molecule has 2 N–H and O–H groups in total. The van der Waals surface area contributed by atoms with E-state index in [0.29, 0.717) is 6.73 Å². The summed E-state index contributed by atoms with van der Waals surface area (Å²) in [5.41, 5.74) is 11.8. The van der Waals surface area contributed by atoms with E-state index < -0.39 is 5.72 Å². The third-order valence-corrected chi connectivity index (χ3v) is 5.18. The van der Waals surface area contributed by atoms with Crippen LogP contribution in [0.15, 0.2) is 78.9 Å². The Morgan fingerprint density at radius 1 is 0.741 bits per heavy atom. The van der Waals surface area contributed by atoms with Gasteiger partial charge >= 0.3 is 0 Å². The first-order valence-corrected chi connectivity index (χ1v) is 9.40. The summed E-state index contributed by atoms with van der Waals surface area (Å²) in [6, 6.07) is 27.7. The van der Waals surface area contributed by atoms with Crippen molar-refractivity contribution in [1.82, 2.24) is 10.9 Å². The van der Waals surface area contributed by atoms with Crippen LogP contribution in [0, 0.1) is 0 Å². The molecule has 1 heterocycles. The van der Waals surface area contributed by atoms with Crippen molar-refractivity contribution < 1.29 is 4.74 Å². The van der Waals surface area contributed by atoms with Crippen LogP contribution in [0.2, 0.25) is 0 Å². The number of benzene rings is 3. The number of nitrogens with one attached hydrogen (secondary N) is 2. The quantitative estimate of drug-likeness (QED) is 0.696. The van der Waals surface area contributed by atoms with Crippen LogP contribution < -0.4 is 10.9 Å². The molecule has 4 rings (SSSR count). The lowest BCUT2D eigenvalue weighted by Gasteiger charge is -2.30. The number of hydrogen-bond donors (Lipinski definition) is 2. The third-order valence-electron chi connectivity index (χ3n) is 5.18. The van der Waals surface area contributed by atoms with Crippen LogP contribution >= 0.6 is 0 Å². The molecule has 0 spiro atoms. The van der Waals surface area contributed by atoms with E-state index in [-0.39, 0.29) is 5.41 Å². The normalized spacial score (nSPS) is 20.0. The molecule has 0 bridgehead atoms. The van der Waals surface area contributed by atoms with E-state index in [1.165, 1.54) is 16.7 Å². The molecule has 3 aromatic rings. The van der Waals surface area contributed by atoms with Crippen LogP contribution in [0.1, 0.15) is 37.5 Å². The molecule has 1 fully saturated rings. The van der Waals surface area contributed by atoms with Gasteiger partial charge in [-0.1, -0.05) is 99.6 Å². The first-order chi connectivity index (χ1) is 13.0. The molecule has 3 aromatic carbocycles. The molecule has 1 aliphatic heterocycles. The maximum atomic E-state index is 6.16. The van der Waals surface area contributed by atoms with E-state index in [4.69, 9.17) is 4.74 Å². The molecular formula is C24H26N2O. The van der Waals surface area contributed by atoms with Gasteiger partial charge < -0.3 is 4.74 Å². The molecule has 27 heavy (non-hydrogen) atoms. The SMILES string of the molecule is CC(C)(C)c1ccc(C2(c3ccc(-c4ccccc4)cc3)NNCO2)cc1. The lowest BCUT2D eigenvalue weighted by atomic mass is 9.85. The Bertz CT molecular complexity index is 888. The van der Waals surface area contributed by atoms with Crippen LogP contribution in [-0.2, 0) is 15.9 Å². The van der Waals surface area contributed by atoms with Crippen molar-refractivity contribution in [1.29, 1.82) is 0 Å². The summed E-state index contributed by atoms with van der Waals surface area (Å²) in [6.45, 7) is 7.14. The highest BCUT2D eigenvalue weighted by molar-refractivity contribution is 5.63. The molecule has 0 aromatic heterocycles. The van der Waals surface area contributed by atoms with Crippen molar-refractivity contribution in [3.05, 3.63) is 95.6 Å². The van der Waals surface area contributed by atoms with Gasteiger partial charge in [0.25, 0.3) is 0 Å². The fourth-order valence-corrected chi connectivity index (χ4v) is 3.55. The van der Waals surface area contributed by atoms with Crippen LogP contribution in [-0.4, -0.2) is 6.73 Å². The Morgan fingerprint density at radius 2 is 1.30 bits per heavy atom. The van der Waals surface area contributed by atoms with Gasteiger partial charge in [0.15, 0.2) is 5.72 Å². The van der Waals surface area contributed by atoms with Crippen LogP contribution in [0.4, 0.5) is 0 Å². The number of ether oxygens (including phenoxy) is 1. The van der Waals surface area contributed by atoms with Crippen molar-refractivity contribution in [2.24, 2.45) is 0 Å². The van der Waals surface area contributed by atoms with Crippen LogP contribution in [0.25, 0.3) is 11.1 Å². The Morgan fingerprint density at radius 3 is 1.81 bits per heavy atom. The Balaban J connectivity index is 1.70. The first-order valence-electron chi connectivity index (χ1n) is 9.40. The Hall–Kier alpha value is -2.46. The minimum absolute atomic E-state index is 0.130. The summed E-state index contributed by atoms with van der Waals surface area (Å²) in [6.07, 6.45) is 0. The van der Waals surface area contributed by atoms with Crippen molar-refractivity contribution in [2.75, 3.05) is 6.73 Å². The predicted molar refractivity (Wildman–Crippen MR) is 110 cm³/mol. The second-order valence-electron chi connectivity index (χ2n) is 8.04. The van der Waals surface area contributed by atoms with Gasteiger partial charge in [-0.25, -0.2) is 10.9 Å². The summed E-state index contributed by atoms with van der Waals surface area (Å²) in [7, 11) is 0. The molecule has 3 heteroatoms. The number of rotatable bonds is 3. The molecule has 1 unspecified atom stereocenters. The van der Waals surface area contributed by atoms with E-state index in [1.807, 2.05) is 6.07 Å². The number of hydrogen-bond acceptors (Lipinski definition) is 3. The van der Waals surface area contributed by atoms with Gasteiger partial charge in [-0.3, -0.25) is 0 Å². The maximum Gasteiger partial charge on any atom is 0.185 e. The smallest absolute Gasteiger partial charge is 0.185 e. The van der Waals surface area contributed by atoms with Crippen molar-refractivity contribution >= 4 is 0 Å². The van der Waals surface area contributed by atoms with E-state index >= 15 is 0 Å². The zero-order valence-electron chi connectivity index (χ0n) is 16.1. The Kier molecular flexibility index (Phi) is 4.60. The van der Waals surface area contributed by atoms with Crippen LogP contribution in [0.3, 0.4) is 0 Å². The molecule has 0 amide bonds. The van der Waals surface area contributed by atoms with E-state index in [2.05, 4.69) is 104 Å². The molecular weight excluding hydrogens is 332 g/mol. The second-order valence-corrected chi connectivity index (χ2v) is 8.04. The molecule has 3 nitrogen and oxygen atoms in total. The van der Waals surface area contributed by atoms with Gasteiger partial charge in [-0.15, -0.1) is 0 Å². The average Bonchev–Trinajstić information content (AvgIpc) is 3.19. The molecule has 0 saturated carbocycles. The summed E-state index contributed by atoms with van der Waals surface area (Å²) < 4.78 is 6.16. The fraction of sp³-hybridized carbons (Fsp3) is 0.250. The van der Waals surface area contributed by atoms with Gasteiger partial charge in [0, 0.05) is 11.1 Å².